The van der Waals surface area contributed by atoms with E-state index in [2.05, 4.69) is 28.8 Å². The van der Waals surface area contributed by atoms with Crippen LogP contribution in [0, 0.1) is 0 Å². The summed E-state index contributed by atoms with van der Waals surface area (Å²) >= 11 is 1.33. The van der Waals surface area contributed by atoms with Gasteiger partial charge >= 0.3 is 0 Å². The van der Waals surface area contributed by atoms with Crippen molar-refractivity contribution in [2.24, 2.45) is 15.7 Å². The highest BCUT2D eigenvalue weighted by Crippen LogP contribution is 2.21. The Labute approximate surface area is 159 Å². The topological polar surface area (TPSA) is 79.8 Å². The van der Waals surface area contributed by atoms with Gasteiger partial charge in [0.15, 0.2) is 5.17 Å². The van der Waals surface area contributed by atoms with E-state index in [1.165, 1.54) is 11.8 Å². The Morgan fingerprint density at radius 1 is 1.38 bits per heavy atom. The molecular formula is C20H26N4OS. The molecule has 0 aliphatic heterocycles. The first-order valence-corrected chi connectivity index (χ1v) is 9.51. The van der Waals surface area contributed by atoms with Crippen LogP contribution >= 0.6 is 11.8 Å². The summed E-state index contributed by atoms with van der Waals surface area (Å²) in [7, 11) is 0. The second-order valence-corrected chi connectivity index (χ2v) is 6.14. The maximum Gasteiger partial charge on any atom is 0.239 e. The van der Waals surface area contributed by atoms with E-state index < -0.39 is 0 Å². The van der Waals surface area contributed by atoms with Crippen molar-refractivity contribution in [3.8, 4) is 0 Å². The number of nitrogens with zero attached hydrogens (tertiary/aromatic N) is 2. The summed E-state index contributed by atoms with van der Waals surface area (Å²) in [4.78, 5) is 20.0. The highest BCUT2D eigenvalue weighted by atomic mass is 32.2. The zero-order chi connectivity index (χ0) is 19.4. The maximum atomic E-state index is 11.4. The van der Waals surface area contributed by atoms with Crippen LogP contribution in [0.4, 0.5) is 0 Å². The first kappa shape index (κ1) is 21.6. The lowest BCUT2D eigenvalue weighted by molar-refractivity contribution is -0.118. The Hall–Kier alpha value is -2.44. The second-order valence-electron chi connectivity index (χ2n) is 5.34. The first-order valence-electron chi connectivity index (χ1n) is 8.29. The Morgan fingerprint density at radius 2 is 2.12 bits per heavy atom. The third kappa shape index (κ3) is 7.63. The Kier molecular flexibility index (Phi) is 9.97. The van der Waals surface area contributed by atoms with Crippen molar-refractivity contribution < 1.29 is 4.79 Å². The molecule has 1 rings (SSSR count). The molecule has 3 N–H and O–H groups in total. The van der Waals surface area contributed by atoms with Crippen LogP contribution in [0.3, 0.4) is 0 Å². The highest BCUT2D eigenvalue weighted by molar-refractivity contribution is 8.13. The fourth-order valence-corrected chi connectivity index (χ4v) is 2.31. The monoisotopic (exact) mass is 370 g/mol. The molecule has 6 heteroatoms. The number of aliphatic imine (C=N–C) groups is 2. The van der Waals surface area contributed by atoms with Gasteiger partial charge in [0.2, 0.25) is 5.91 Å². The number of amides is 1. The van der Waals surface area contributed by atoms with Gasteiger partial charge in [-0.05, 0) is 42.9 Å². The molecule has 0 unspecified atom stereocenters. The minimum atomic E-state index is -0.283. The predicted molar refractivity (Wildman–Crippen MR) is 115 cm³/mol. The Balaban J connectivity index is 2.95. The number of rotatable bonds is 7. The van der Waals surface area contributed by atoms with Gasteiger partial charge in [0.25, 0.3) is 0 Å². The van der Waals surface area contributed by atoms with Gasteiger partial charge in [-0.1, -0.05) is 49.5 Å². The molecular weight excluding hydrogens is 344 g/mol. The van der Waals surface area contributed by atoms with Gasteiger partial charge in [-0.3, -0.25) is 9.79 Å². The standard InChI is InChI=1S/C20H26N4OS/c1-5-6-11-22-12-10-15(2)17-8-7-9-18(13-17)16(3)23-20(26-4)24-19(25)14-21/h6-13H,3,5,14,21H2,1-2,4H3,(H,23,24,25)/b11-6+,15-10+,22-12+. The van der Waals surface area contributed by atoms with E-state index in [1.807, 2.05) is 49.6 Å². The van der Waals surface area contributed by atoms with E-state index in [1.54, 1.807) is 12.4 Å². The first-order chi connectivity index (χ1) is 12.5. The molecule has 5 nitrogen and oxygen atoms in total. The Bertz CT molecular complexity index is 748. The Morgan fingerprint density at radius 3 is 2.77 bits per heavy atom. The average Bonchev–Trinajstić information content (AvgIpc) is 2.66. The zero-order valence-electron chi connectivity index (χ0n) is 15.5. The van der Waals surface area contributed by atoms with Crippen LogP contribution < -0.4 is 11.1 Å². The number of nitrogens with two attached hydrogens (primary N) is 1. The molecule has 0 atom stereocenters. The largest absolute Gasteiger partial charge is 0.322 e. The van der Waals surface area contributed by atoms with Crippen LogP contribution in [-0.4, -0.2) is 30.1 Å². The van der Waals surface area contributed by atoms with Crippen LogP contribution in [0.25, 0.3) is 11.3 Å². The molecule has 0 bridgehead atoms. The number of carbonyl (C=O) groups is 1. The maximum absolute atomic E-state index is 11.4. The molecule has 0 saturated carbocycles. The van der Waals surface area contributed by atoms with Crippen LogP contribution in [0.2, 0.25) is 0 Å². The van der Waals surface area contributed by atoms with Gasteiger partial charge in [-0.15, -0.1) is 0 Å². The third-order valence-corrected chi connectivity index (χ3v) is 3.93. The van der Waals surface area contributed by atoms with E-state index >= 15 is 0 Å². The van der Waals surface area contributed by atoms with Gasteiger partial charge in [0.1, 0.15) is 0 Å². The molecule has 0 aliphatic carbocycles. The van der Waals surface area contributed by atoms with Crippen molar-refractivity contribution in [3.05, 3.63) is 60.3 Å². The molecule has 1 amide bonds. The molecule has 0 saturated heterocycles. The molecule has 0 heterocycles. The minimum absolute atomic E-state index is 0.0828. The fourth-order valence-electron chi connectivity index (χ4n) is 1.89. The summed E-state index contributed by atoms with van der Waals surface area (Å²) in [5.41, 5.74) is 8.91. The van der Waals surface area contributed by atoms with Crippen molar-refractivity contribution in [1.82, 2.24) is 5.32 Å². The molecule has 26 heavy (non-hydrogen) atoms. The van der Waals surface area contributed by atoms with Crippen LogP contribution in [0.1, 0.15) is 31.4 Å². The van der Waals surface area contributed by atoms with E-state index in [0.717, 1.165) is 23.1 Å². The van der Waals surface area contributed by atoms with Crippen LogP contribution in [-0.2, 0) is 4.79 Å². The second kappa shape index (κ2) is 12.0. The van der Waals surface area contributed by atoms with E-state index in [0.29, 0.717) is 10.9 Å². The van der Waals surface area contributed by atoms with Crippen molar-refractivity contribution in [3.63, 3.8) is 0 Å². The summed E-state index contributed by atoms with van der Waals surface area (Å²) in [6, 6.07) is 7.92. The summed E-state index contributed by atoms with van der Waals surface area (Å²) < 4.78 is 0. The molecule has 138 valence electrons. The fraction of sp³-hybridized carbons (Fsp3) is 0.250. The number of benzene rings is 1. The minimum Gasteiger partial charge on any atom is -0.322 e. The summed E-state index contributed by atoms with van der Waals surface area (Å²) in [6.07, 6.45) is 10.3. The molecule has 1 aromatic rings. The lowest BCUT2D eigenvalue weighted by Gasteiger charge is -2.08. The number of amidine groups is 1. The summed E-state index contributed by atoms with van der Waals surface area (Å²) in [6.45, 7) is 8.01. The van der Waals surface area contributed by atoms with Gasteiger partial charge in [-0.25, -0.2) is 4.99 Å². The van der Waals surface area contributed by atoms with Crippen molar-refractivity contribution in [2.45, 2.75) is 20.3 Å². The van der Waals surface area contributed by atoms with E-state index in [4.69, 9.17) is 5.73 Å². The number of nitrogens with one attached hydrogen (secondary N) is 1. The highest BCUT2D eigenvalue weighted by Gasteiger charge is 2.06. The zero-order valence-corrected chi connectivity index (χ0v) is 16.3. The molecule has 0 aromatic heterocycles. The smallest absolute Gasteiger partial charge is 0.239 e. The van der Waals surface area contributed by atoms with Crippen molar-refractivity contribution >= 4 is 40.3 Å². The molecule has 1 aromatic carbocycles. The van der Waals surface area contributed by atoms with E-state index in [-0.39, 0.29) is 12.5 Å². The SMILES string of the molecule is C=C(N=C(NC(=O)CN)SC)c1cccc(/C(C)=C/C=N/C=C/CC)c1. The van der Waals surface area contributed by atoms with Gasteiger partial charge < -0.3 is 11.1 Å². The lowest BCUT2D eigenvalue weighted by atomic mass is 10.0. The number of hydrogen-bond acceptors (Lipinski definition) is 5. The van der Waals surface area contributed by atoms with Crippen molar-refractivity contribution in [1.29, 1.82) is 0 Å². The number of thioether (sulfide) groups is 1. The van der Waals surface area contributed by atoms with Gasteiger partial charge in [0.05, 0.1) is 12.2 Å². The van der Waals surface area contributed by atoms with E-state index in [9.17, 15) is 4.79 Å². The number of hydrogen-bond donors (Lipinski definition) is 2. The summed E-state index contributed by atoms with van der Waals surface area (Å²) in [5, 5.41) is 3.12. The molecule has 0 fully saturated rings. The lowest BCUT2D eigenvalue weighted by Crippen LogP contribution is -2.33. The van der Waals surface area contributed by atoms with Gasteiger partial charge in [0, 0.05) is 18.0 Å². The normalized spacial score (nSPS) is 12.8. The summed E-state index contributed by atoms with van der Waals surface area (Å²) in [5.74, 6) is -0.283. The van der Waals surface area contributed by atoms with Gasteiger partial charge in [-0.2, -0.15) is 0 Å². The number of carbonyl (C=O) groups excluding carboxylic acids is 1. The van der Waals surface area contributed by atoms with Crippen molar-refractivity contribution in [2.75, 3.05) is 12.8 Å². The molecule has 0 radical (unpaired) electrons. The van der Waals surface area contributed by atoms with Crippen LogP contribution in [0.5, 0.6) is 0 Å². The molecule has 0 spiro atoms. The van der Waals surface area contributed by atoms with Crippen LogP contribution in [0.15, 0.2) is 59.2 Å². The quantitative estimate of drug-likeness (QED) is 0.565. The average molecular weight is 371 g/mol. The number of allylic oxidation sites excluding steroid dienone is 3. The third-order valence-electron chi connectivity index (χ3n) is 3.35. The predicted octanol–water partition coefficient (Wildman–Crippen LogP) is 3.85. The molecule has 0 aliphatic rings.